The maximum absolute atomic E-state index is 5.17. The van der Waals surface area contributed by atoms with Crippen molar-refractivity contribution in [2.24, 2.45) is 0 Å². The van der Waals surface area contributed by atoms with Crippen LogP contribution < -0.4 is 9.78 Å². The Morgan fingerprint density at radius 3 is 2.71 bits per heavy atom. The van der Waals surface area contributed by atoms with Gasteiger partial charge >= 0.3 is 0 Å². The van der Waals surface area contributed by atoms with Crippen LogP contribution in [0.4, 0.5) is 0 Å². The molecule has 1 aliphatic heterocycles. The molecule has 2 aromatic rings. The normalized spacial score (nSPS) is 12.7. The van der Waals surface area contributed by atoms with Gasteiger partial charge in [-0.1, -0.05) is 23.8 Å². The van der Waals surface area contributed by atoms with Crippen LogP contribution in [0.2, 0.25) is 0 Å². The summed E-state index contributed by atoms with van der Waals surface area (Å²) in [5, 5.41) is 2.30. The molecule has 1 aliphatic rings. The first-order valence-electron chi connectivity index (χ1n) is 4.64. The Balaban J connectivity index is 2.48. The van der Waals surface area contributed by atoms with E-state index in [4.69, 9.17) is 9.78 Å². The molecule has 0 aromatic heterocycles. The molecule has 0 spiro atoms. The van der Waals surface area contributed by atoms with E-state index < -0.39 is 0 Å². The second-order valence-corrected chi connectivity index (χ2v) is 3.72. The zero-order chi connectivity index (χ0) is 9.71. The van der Waals surface area contributed by atoms with Gasteiger partial charge in [0.1, 0.15) is 0 Å². The molecular weight excluding hydrogens is 176 g/mol. The highest BCUT2D eigenvalue weighted by molar-refractivity contribution is 5.92. The van der Waals surface area contributed by atoms with E-state index in [9.17, 15) is 0 Å². The van der Waals surface area contributed by atoms with E-state index in [1.54, 1.807) is 0 Å². The van der Waals surface area contributed by atoms with E-state index >= 15 is 0 Å². The molecule has 0 saturated carbocycles. The fourth-order valence-corrected chi connectivity index (χ4v) is 1.85. The van der Waals surface area contributed by atoms with Crippen molar-refractivity contribution in [3.63, 3.8) is 0 Å². The molecule has 1 heterocycles. The number of benzene rings is 2. The first kappa shape index (κ1) is 7.68. The van der Waals surface area contributed by atoms with E-state index in [1.165, 1.54) is 10.9 Å². The van der Waals surface area contributed by atoms with Gasteiger partial charge in [-0.15, -0.1) is 0 Å². The second kappa shape index (κ2) is 2.41. The van der Waals surface area contributed by atoms with Gasteiger partial charge in [0, 0.05) is 10.9 Å². The van der Waals surface area contributed by atoms with Crippen molar-refractivity contribution in [3.8, 4) is 11.5 Å². The van der Waals surface area contributed by atoms with Crippen molar-refractivity contribution >= 4 is 10.8 Å². The largest absolute Gasteiger partial charge is 0.289 e. The van der Waals surface area contributed by atoms with Gasteiger partial charge in [0.15, 0.2) is 11.5 Å². The number of rotatable bonds is 0. The maximum Gasteiger partial charge on any atom is 0.193 e. The highest BCUT2D eigenvalue weighted by Gasteiger charge is 2.20. The first-order chi connectivity index (χ1) is 6.75. The molecular formula is C12H10O2. The van der Waals surface area contributed by atoms with Crippen LogP contribution in [0.15, 0.2) is 24.3 Å². The predicted octanol–water partition coefficient (Wildman–Crippen LogP) is 3.14. The molecule has 2 bridgehead atoms. The summed E-state index contributed by atoms with van der Waals surface area (Å²) in [6.07, 6.45) is 0. The molecule has 0 amide bonds. The molecule has 0 saturated heterocycles. The van der Waals surface area contributed by atoms with Crippen molar-refractivity contribution in [2.75, 3.05) is 0 Å². The van der Waals surface area contributed by atoms with Crippen LogP contribution in [0.3, 0.4) is 0 Å². The topological polar surface area (TPSA) is 18.5 Å². The fraction of sp³-hybridized carbons (Fsp3) is 0.167. The summed E-state index contributed by atoms with van der Waals surface area (Å²) < 4.78 is 0. The summed E-state index contributed by atoms with van der Waals surface area (Å²) in [4.78, 5) is 10.3. The minimum Gasteiger partial charge on any atom is -0.289 e. The molecule has 0 fully saturated rings. The van der Waals surface area contributed by atoms with Crippen molar-refractivity contribution in [3.05, 3.63) is 35.4 Å². The van der Waals surface area contributed by atoms with E-state index in [0.29, 0.717) is 0 Å². The fourth-order valence-electron chi connectivity index (χ4n) is 1.85. The zero-order valence-electron chi connectivity index (χ0n) is 8.13. The third-order valence-electron chi connectivity index (χ3n) is 2.66. The lowest BCUT2D eigenvalue weighted by atomic mass is 10.0. The number of hydrogen-bond acceptors (Lipinski definition) is 2. The lowest BCUT2D eigenvalue weighted by Crippen LogP contribution is -1.90. The molecule has 0 atom stereocenters. The summed E-state index contributed by atoms with van der Waals surface area (Å²) in [6, 6.07) is 8.32. The van der Waals surface area contributed by atoms with Crippen LogP contribution in [0.1, 0.15) is 11.1 Å². The van der Waals surface area contributed by atoms with Crippen LogP contribution >= 0.6 is 0 Å². The Morgan fingerprint density at radius 1 is 1.00 bits per heavy atom. The average molecular weight is 186 g/mol. The molecule has 70 valence electrons. The van der Waals surface area contributed by atoms with Crippen LogP contribution in [0.25, 0.3) is 10.8 Å². The molecule has 0 aliphatic carbocycles. The highest BCUT2D eigenvalue weighted by atomic mass is 17.2. The van der Waals surface area contributed by atoms with Gasteiger partial charge in [-0.2, -0.15) is 0 Å². The molecule has 14 heavy (non-hydrogen) atoms. The van der Waals surface area contributed by atoms with Crippen LogP contribution in [0, 0.1) is 13.8 Å². The first-order valence-corrected chi connectivity index (χ1v) is 4.64. The highest BCUT2D eigenvalue weighted by Crippen LogP contribution is 2.41. The van der Waals surface area contributed by atoms with Crippen LogP contribution in [-0.4, -0.2) is 0 Å². The quantitative estimate of drug-likeness (QED) is 0.588. The maximum atomic E-state index is 5.17. The molecule has 0 N–H and O–H groups in total. The van der Waals surface area contributed by atoms with Gasteiger partial charge in [-0.25, -0.2) is 0 Å². The van der Waals surface area contributed by atoms with E-state index in [0.717, 1.165) is 22.4 Å². The Hall–Kier alpha value is -1.70. The Labute approximate surface area is 82.0 Å². The Bertz CT molecular complexity index is 529. The molecule has 2 heteroatoms. The lowest BCUT2D eigenvalue weighted by molar-refractivity contribution is -0.0835. The molecule has 2 aromatic carbocycles. The summed E-state index contributed by atoms with van der Waals surface area (Å²) >= 11 is 0. The standard InChI is InChI=1S/C12H10O2/c1-7-3-4-10-9(5-7)6-11-8(2)12(10)14-13-11/h3-6H,1-2H3. The summed E-state index contributed by atoms with van der Waals surface area (Å²) in [5.74, 6) is 1.69. The molecule has 2 nitrogen and oxygen atoms in total. The smallest absolute Gasteiger partial charge is 0.193 e. The summed E-state index contributed by atoms with van der Waals surface area (Å²) in [6.45, 7) is 4.09. The van der Waals surface area contributed by atoms with Crippen molar-refractivity contribution < 1.29 is 9.78 Å². The van der Waals surface area contributed by atoms with Gasteiger partial charge < -0.3 is 0 Å². The SMILES string of the molecule is Cc1ccc2c3c(C)c(cc2c1)OO3. The molecule has 0 unspecified atom stereocenters. The average Bonchev–Trinajstić information content (AvgIpc) is 2.44. The number of fused-ring (bicyclic) bond motifs is 4. The molecule has 0 radical (unpaired) electrons. The number of aryl methyl sites for hydroxylation is 1. The van der Waals surface area contributed by atoms with Gasteiger partial charge in [-0.05, 0) is 25.3 Å². The van der Waals surface area contributed by atoms with Crippen LogP contribution in [0.5, 0.6) is 11.5 Å². The second-order valence-electron chi connectivity index (χ2n) is 3.72. The van der Waals surface area contributed by atoms with Crippen molar-refractivity contribution in [2.45, 2.75) is 13.8 Å². The van der Waals surface area contributed by atoms with Crippen molar-refractivity contribution in [1.29, 1.82) is 0 Å². The van der Waals surface area contributed by atoms with E-state index in [-0.39, 0.29) is 0 Å². The van der Waals surface area contributed by atoms with E-state index in [2.05, 4.69) is 25.1 Å². The third kappa shape index (κ3) is 0.854. The Kier molecular flexibility index (Phi) is 1.32. The van der Waals surface area contributed by atoms with Gasteiger partial charge in [0.25, 0.3) is 0 Å². The van der Waals surface area contributed by atoms with Gasteiger partial charge in [0.2, 0.25) is 0 Å². The van der Waals surface area contributed by atoms with E-state index in [1.807, 2.05) is 13.0 Å². The third-order valence-corrected chi connectivity index (χ3v) is 2.66. The lowest BCUT2D eigenvalue weighted by Gasteiger charge is -2.00. The zero-order valence-corrected chi connectivity index (χ0v) is 8.13. The van der Waals surface area contributed by atoms with Gasteiger partial charge in [-0.3, -0.25) is 9.78 Å². The summed E-state index contributed by atoms with van der Waals surface area (Å²) in [5.41, 5.74) is 2.33. The minimum atomic E-state index is 0.832. The van der Waals surface area contributed by atoms with Crippen molar-refractivity contribution in [1.82, 2.24) is 0 Å². The predicted molar refractivity (Wildman–Crippen MR) is 54.7 cm³/mol. The monoisotopic (exact) mass is 186 g/mol. The number of hydrogen-bond donors (Lipinski definition) is 0. The van der Waals surface area contributed by atoms with Gasteiger partial charge in [0.05, 0.1) is 0 Å². The Morgan fingerprint density at radius 2 is 1.86 bits per heavy atom. The summed E-state index contributed by atoms with van der Waals surface area (Å²) in [7, 11) is 0. The minimum absolute atomic E-state index is 0.832. The van der Waals surface area contributed by atoms with Crippen LogP contribution in [-0.2, 0) is 0 Å². The molecule has 3 rings (SSSR count).